The molecule has 0 radical (unpaired) electrons. The molecule has 0 heterocycles. The highest BCUT2D eigenvalue weighted by Gasteiger charge is 2.32. The number of rotatable bonds is 2. The zero-order valence-electron chi connectivity index (χ0n) is 8.62. The summed E-state index contributed by atoms with van der Waals surface area (Å²) in [6.07, 6.45) is 3.08. The summed E-state index contributed by atoms with van der Waals surface area (Å²) in [7, 11) is 1.76. The fourth-order valence-electron chi connectivity index (χ4n) is 2.20. The van der Waals surface area contributed by atoms with Crippen molar-refractivity contribution in [1.29, 1.82) is 0 Å². The van der Waals surface area contributed by atoms with E-state index in [-0.39, 0.29) is 5.60 Å². The zero-order chi connectivity index (χ0) is 10.0. The van der Waals surface area contributed by atoms with E-state index in [9.17, 15) is 0 Å². The van der Waals surface area contributed by atoms with E-state index < -0.39 is 0 Å². The van der Waals surface area contributed by atoms with Crippen molar-refractivity contribution in [3.8, 4) is 0 Å². The van der Waals surface area contributed by atoms with E-state index in [1.54, 1.807) is 7.11 Å². The zero-order valence-corrected chi connectivity index (χ0v) is 8.62. The minimum Gasteiger partial charge on any atom is -0.377 e. The second kappa shape index (κ2) is 3.71. The standard InChI is InChI=1S/C12H17NO/c1-14-12(9-13)7-6-10-4-2-3-5-11(10)8-12/h2-5H,6-9,13H2,1H3. The molecule has 2 rings (SSSR count). The van der Waals surface area contributed by atoms with Crippen LogP contribution in [0.1, 0.15) is 17.5 Å². The number of aryl methyl sites for hydroxylation is 1. The molecule has 2 nitrogen and oxygen atoms in total. The van der Waals surface area contributed by atoms with Gasteiger partial charge in [-0.2, -0.15) is 0 Å². The Morgan fingerprint density at radius 3 is 2.71 bits per heavy atom. The predicted octanol–water partition coefficient (Wildman–Crippen LogP) is 1.52. The summed E-state index contributed by atoms with van der Waals surface area (Å²) in [5, 5.41) is 0. The molecule has 0 aliphatic heterocycles. The summed E-state index contributed by atoms with van der Waals surface area (Å²) in [4.78, 5) is 0. The van der Waals surface area contributed by atoms with Crippen molar-refractivity contribution < 1.29 is 4.74 Å². The van der Waals surface area contributed by atoms with Crippen LogP contribution in [0.4, 0.5) is 0 Å². The van der Waals surface area contributed by atoms with Crippen LogP contribution in [0.2, 0.25) is 0 Å². The Morgan fingerprint density at radius 1 is 1.36 bits per heavy atom. The average molecular weight is 191 g/mol. The number of benzene rings is 1. The van der Waals surface area contributed by atoms with Crippen molar-refractivity contribution in [2.45, 2.75) is 24.9 Å². The van der Waals surface area contributed by atoms with Crippen LogP contribution in [0, 0.1) is 0 Å². The van der Waals surface area contributed by atoms with E-state index >= 15 is 0 Å². The molecule has 0 saturated carbocycles. The second-order valence-electron chi connectivity index (χ2n) is 4.04. The Balaban J connectivity index is 2.28. The van der Waals surface area contributed by atoms with Gasteiger partial charge in [0.15, 0.2) is 0 Å². The summed E-state index contributed by atoms with van der Waals surface area (Å²) in [6.45, 7) is 0.609. The minimum absolute atomic E-state index is 0.117. The lowest BCUT2D eigenvalue weighted by Crippen LogP contribution is -2.44. The van der Waals surface area contributed by atoms with Crippen molar-refractivity contribution in [3.63, 3.8) is 0 Å². The van der Waals surface area contributed by atoms with Gasteiger partial charge in [0.05, 0.1) is 5.60 Å². The third-order valence-corrected chi connectivity index (χ3v) is 3.29. The van der Waals surface area contributed by atoms with Crippen LogP contribution in [0.15, 0.2) is 24.3 Å². The van der Waals surface area contributed by atoms with Crippen molar-refractivity contribution >= 4 is 0 Å². The first kappa shape index (κ1) is 9.69. The lowest BCUT2D eigenvalue weighted by molar-refractivity contribution is -0.0134. The van der Waals surface area contributed by atoms with E-state index in [0.717, 1.165) is 19.3 Å². The maximum Gasteiger partial charge on any atom is 0.0843 e. The van der Waals surface area contributed by atoms with Gasteiger partial charge in [-0.15, -0.1) is 0 Å². The molecule has 76 valence electrons. The molecule has 1 atom stereocenters. The van der Waals surface area contributed by atoms with Crippen molar-refractivity contribution in [2.24, 2.45) is 5.73 Å². The van der Waals surface area contributed by atoms with Crippen molar-refractivity contribution in [1.82, 2.24) is 0 Å². The molecule has 14 heavy (non-hydrogen) atoms. The molecule has 2 heteroatoms. The van der Waals surface area contributed by atoms with Gasteiger partial charge >= 0.3 is 0 Å². The van der Waals surface area contributed by atoms with Gasteiger partial charge in [-0.05, 0) is 24.0 Å². The third kappa shape index (κ3) is 1.56. The molecule has 0 fully saturated rings. The molecular weight excluding hydrogens is 174 g/mol. The molecular formula is C12H17NO. The molecule has 1 unspecified atom stereocenters. The molecule has 1 aromatic carbocycles. The largest absolute Gasteiger partial charge is 0.377 e. The summed E-state index contributed by atoms with van der Waals surface area (Å²) in [5.74, 6) is 0. The Morgan fingerprint density at radius 2 is 2.07 bits per heavy atom. The highest BCUT2D eigenvalue weighted by Crippen LogP contribution is 2.30. The van der Waals surface area contributed by atoms with Crippen LogP contribution in [0.5, 0.6) is 0 Å². The number of ether oxygens (including phenoxy) is 1. The molecule has 1 aliphatic rings. The first-order valence-electron chi connectivity index (χ1n) is 5.12. The van der Waals surface area contributed by atoms with E-state index in [1.165, 1.54) is 11.1 Å². The number of methoxy groups -OCH3 is 1. The Labute approximate surface area is 85.1 Å². The van der Waals surface area contributed by atoms with Gasteiger partial charge in [-0.25, -0.2) is 0 Å². The minimum atomic E-state index is -0.117. The van der Waals surface area contributed by atoms with E-state index in [0.29, 0.717) is 6.54 Å². The van der Waals surface area contributed by atoms with Crippen LogP contribution in [0.25, 0.3) is 0 Å². The maximum atomic E-state index is 5.78. The lowest BCUT2D eigenvalue weighted by Gasteiger charge is -2.36. The SMILES string of the molecule is COC1(CN)CCc2ccccc2C1. The van der Waals surface area contributed by atoms with Gasteiger partial charge in [-0.3, -0.25) is 0 Å². The monoisotopic (exact) mass is 191 g/mol. The summed E-state index contributed by atoms with van der Waals surface area (Å²) in [6, 6.07) is 8.56. The Kier molecular flexibility index (Phi) is 2.57. The quantitative estimate of drug-likeness (QED) is 0.769. The van der Waals surface area contributed by atoms with Gasteiger partial charge in [0.1, 0.15) is 0 Å². The molecule has 1 aromatic rings. The molecule has 0 bridgehead atoms. The molecule has 1 aliphatic carbocycles. The fourth-order valence-corrected chi connectivity index (χ4v) is 2.20. The predicted molar refractivity (Wildman–Crippen MR) is 57.3 cm³/mol. The van der Waals surface area contributed by atoms with Crippen molar-refractivity contribution in [3.05, 3.63) is 35.4 Å². The maximum absolute atomic E-state index is 5.78. The highest BCUT2D eigenvalue weighted by molar-refractivity contribution is 5.31. The first-order valence-corrected chi connectivity index (χ1v) is 5.12. The second-order valence-corrected chi connectivity index (χ2v) is 4.04. The average Bonchev–Trinajstić information content (AvgIpc) is 2.28. The summed E-state index contributed by atoms with van der Waals surface area (Å²) in [5.41, 5.74) is 8.51. The van der Waals surface area contributed by atoms with E-state index in [2.05, 4.69) is 24.3 Å². The summed E-state index contributed by atoms with van der Waals surface area (Å²) < 4.78 is 5.56. The Hall–Kier alpha value is -0.860. The van der Waals surface area contributed by atoms with E-state index in [1.807, 2.05) is 0 Å². The van der Waals surface area contributed by atoms with Gasteiger partial charge in [0, 0.05) is 20.1 Å². The molecule has 0 spiro atoms. The van der Waals surface area contributed by atoms with Crippen LogP contribution >= 0.6 is 0 Å². The molecule has 0 aromatic heterocycles. The third-order valence-electron chi connectivity index (χ3n) is 3.29. The van der Waals surface area contributed by atoms with Gasteiger partial charge in [-0.1, -0.05) is 24.3 Å². The fraction of sp³-hybridized carbons (Fsp3) is 0.500. The summed E-state index contributed by atoms with van der Waals surface area (Å²) >= 11 is 0. The number of fused-ring (bicyclic) bond motifs is 1. The lowest BCUT2D eigenvalue weighted by atomic mass is 9.80. The molecule has 0 amide bonds. The highest BCUT2D eigenvalue weighted by atomic mass is 16.5. The van der Waals surface area contributed by atoms with Gasteiger partial charge in [0.2, 0.25) is 0 Å². The molecule has 0 saturated heterocycles. The molecule has 2 N–H and O–H groups in total. The van der Waals surface area contributed by atoms with Crippen molar-refractivity contribution in [2.75, 3.05) is 13.7 Å². The van der Waals surface area contributed by atoms with E-state index in [4.69, 9.17) is 10.5 Å². The van der Waals surface area contributed by atoms with Gasteiger partial charge < -0.3 is 10.5 Å². The first-order chi connectivity index (χ1) is 6.79. The Bertz CT molecular complexity index is 318. The normalized spacial score (nSPS) is 25.9. The number of hydrogen-bond donors (Lipinski definition) is 1. The smallest absolute Gasteiger partial charge is 0.0843 e. The van der Waals surface area contributed by atoms with Crippen LogP contribution in [-0.4, -0.2) is 19.3 Å². The van der Waals surface area contributed by atoms with Crippen LogP contribution < -0.4 is 5.73 Å². The van der Waals surface area contributed by atoms with Gasteiger partial charge in [0.25, 0.3) is 0 Å². The topological polar surface area (TPSA) is 35.2 Å². The number of nitrogens with two attached hydrogens (primary N) is 1. The number of hydrogen-bond acceptors (Lipinski definition) is 2. The van der Waals surface area contributed by atoms with Crippen LogP contribution in [-0.2, 0) is 17.6 Å². The van der Waals surface area contributed by atoms with Crippen LogP contribution in [0.3, 0.4) is 0 Å².